The van der Waals surface area contributed by atoms with Crippen molar-refractivity contribution in [2.45, 2.75) is 20.8 Å². The van der Waals surface area contributed by atoms with Crippen LogP contribution >= 0.6 is 0 Å². The zero-order chi connectivity index (χ0) is 19.4. The third-order valence-corrected chi connectivity index (χ3v) is 4.00. The lowest BCUT2D eigenvalue weighted by molar-refractivity contribution is 0.324. The third kappa shape index (κ3) is 3.40. The first-order valence-corrected chi connectivity index (χ1v) is 7.87. The van der Waals surface area contributed by atoms with Gasteiger partial charge < -0.3 is 14.2 Å². The molecule has 1 heterocycles. The normalized spacial score (nSPS) is 11.0. The van der Waals surface area contributed by atoms with Crippen molar-refractivity contribution in [3.63, 3.8) is 0 Å². The molecule has 0 radical (unpaired) electrons. The number of aryl methyl sites for hydroxylation is 2. The molecular weight excluding hydrogens is 334 g/mol. The number of methoxy groups -OCH3 is 3. The summed E-state index contributed by atoms with van der Waals surface area (Å²) in [4.78, 5) is 12.5. The van der Waals surface area contributed by atoms with Gasteiger partial charge in [-0.15, -0.1) is 0 Å². The van der Waals surface area contributed by atoms with Crippen molar-refractivity contribution in [3.8, 4) is 23.3 Å². The zero-order valence-corrected chi connectivity index (χ0v) is 15.7. The Morgan fingerprint density at radius 3 is 2.12 bits per heavy atom. The standard InChI is InChI=1S/C19H21N3O4/c1-11-7-12(2)22(19(23)15(11)10-20)21-13(3)14-8-16(24-4)18(26-6)17(9-14)25-5/h7-9H,1-6H3/b21-13+. The van der Waals surface area contributed by atoms with Crippen molar-refractivity contribution in [3.05, 3.63) is 50.9 Å². The van der Waals surface area contributed by atoms with Crippen LogP contribution in [0, 0.1) is 25.2 Å². The highest BCUT2D eigenvalue weighted by Gasteiger charge is 2.15. The zero-order valence-electron chi connectivity index (χ0n) is 15.7. The van der Waals surface area contributed by atoms with Gasteiger partial charge in [-0.3, -0.25) is 4.79 Å². The molecule has 0 aliphatic rings. The molecule has 136 valence electrons. The number of rotatable bonds is 5. The van der Waals surface area contributed by atoms with Crippen molar-refractivity contribution >= 4 is 5.71 Å². The van der Waals surface area contributed by atoms with E-state index in [0.717, 1.165) is 0 Å². The topological polar surface area (TPSA) is 85.8 Å². The van der Waals surface area contributed by atoms with Gasteiger partial charge in [0, 0.05) is 11.3 Å². The molecule has 0 bridgehead atoms. The smallest absolute Gasteiger partial charge is 0.289 e. The molecule has 0 atom stereocenters. The van der Waals surface area contributed by atoms with Gasteiger partial charge in [-0.25, -0.2) is 4.68 Å². The molecule has 0 saturated carbocycles. The molecule has 7 nitrogen and oxygen atoms in total. The van der Waals surface area contributed by atoms with Crippen LogP contribution in [-0.4, -0.2) is 31.7 Å². The summed E-state index contributed by atoms with van der Waals surface area (Å²) >= 11 is 0. The highest BCUT2D eigenvalue weighted by Crippen LogP contribution is 2.38. The Kier molecular flexibility index (Phi) is 5.68. The minimum atomic E-state index is -0.447. The van der Waals surface area contributed by atoms with Crippen molar-refractivity contribution in [1.29, 1.82) is 5.26 Å². The van der Waals surface area contributed by atoms with Crippen LogP contribution in [0.3, 0.4) is 0 Å². The van der Waals surface area contributed by atoms with E-state index < -0.39 is 5.56 Å². The van der Waals surface area contributed by atoms with Crippen LogP contribution in [-0.2, 0) is 0 Å². The van der Waals surface area contributed by atoms with E-state index in [1.165, 1.54) is 26.0 Å². The van der Waals surface area contributed by atoms with E-state index in [1.54, 1.807) is 39.0 Å². The van der Waals surface area contributed by atoms with Crippen molar-refractivity contribution in [1.82, 2.24) is 4.68 Å². The fourth-order valence-corrected chi connectivity index (χ4v) is 2.64. The fourth-order valence-electron chi connectivity index (χ4n) is 2.64. The summed E-state index contributed by atoms with van der Waals surface area (Å²) in [6, 6.07) is 7.19. The lowest BCUT2D eigenvalue weighted by Crippen LogP contribution is -2.23. The molecule has 0 spiro atoms. The van der Waals surface area contributed by atoms with Crippen molar-refractivity contribution in [2.24, 2.45) is 5.10 Å². The van der Waals surface area contributed by atoms with Gasteiger partial charge in [-0.05, 0) is 44.5 Å². The summed E-state index contributed by atoms with van der Waals surface area (Å²) in [6.07, 6.45) is 0. The molecule has 0 unspecified atom stereocenters. The van der Waals surface area contributed by atoms with Gasteiger partial charge >= 0.3 is 0 Å². The molecule has 26 heavy (non-hydrogen) atoms. The first kappa shape index (κ1) is 19.1. The van der Waals surface area contributed by atoms with E-state index >= 15 is 0 Å². The number of nitrogens with zero attached hydrogens (tertiary/aromatic N) is 3. The predicted octanol–water partition coefficient (Wildman–Crippen LogP) is 2.63. The quantitative estimate of drug-likeness (QED) is 0.770. The molecule has 0 fully saturated rings. The number of hydrogen-bond donors (Lipinski definition) is 0. The second-order valence-electron chi connectivity index (χ2n) is 5.67. The van der Waals surface area contributed by atoms with Crippen LogP contribution in [0.25, 0.3) is 0 Å². The van der Waals surface area contributed by atoms with Gasteiger partial charge in [-0.2, -0.15) is 10.4 Å². The summed E-state index contributed by atoms with van der Waals surface area (Å²) in [5.74, 6) is 1.45. The van der Waals surface area contributed by atoms with Crippen LogP contribution in [0.2, 0.25) is 0 Å². The predicted molar refractivity (Wildman–Crippen MR) is 98.6 cm³/mol. The average Bonchev–Trinajstić information content (AvgIpc) is 2.63. The number of nitriles is 1. The highest BCUT2D eigenvalue weighted by molar-refractivity contribution is 5.99. The Labute approximate surface area is 152 Å². The number of ether oxygens (including phenoxy) is 3. The van der Waals surface area contributed by atoms with Crippen molar-refractivity contribution < 1.29 is 14.2 Å². The van der Waals surface area contributed by atoms with E-state index in [0.29, 0.717) is 39.8 Å². The Morgan fingerprint density at radius 1 is 1.08 bits per heavy atom. The minimum absolute atomic E-state index is 0.0806. The van der Waals surface area contributed by atoms with Crippen LogP contribution in [0.1, 0.15) is 29.3 Å². The molecule has 2 aromatic rings. The van der Waals surface area contributed by atoms with Crippen LogP contribution in [0.4, 0.5) is 0 Å². The second kappa shape index (κ2) is 7.74. The summed E-state index contributed by atoms with van der Waals surface area (Å²) in [5.41, 5.74) is 2.16. The van der Waals surface area contributed by atoms with Crippen LogP contribution in [0.15, 0.2) is 28.1 Å². The Bertz CT molecular complexity index is 943. The first-order valence-electron chi connectivity index (χ1n) is 7.87. The van der Waals surface area contributed by atoms with Gasteiger partial charge in [0.2, 0.25) is 5.75 Å². The van der Waals surface area contributed by atoms with Gasteiger partial charge in [-0.1, -0.05) is 0 Å². The largest absolute Gasteiger partial charge is 0.493 e. The maximum atomic E-state index is 12.5. The van der Waals surface area contributed by atoms with E-state index in [-0.39, 0.29) is 5.56 Å². The maximum Gasteiger partial charge on any atom is 0.289 e. The number of hydrogen-bond acceptors (Lipinski definition) is 6. The second-order valence-corrected chi connectivity index (χ2v) is 5.67. The molecule has 0 saturated heterocycles. The molecule has 2 rings (SSSR count). The first-order chi connectivity index (χ1) is 12.4. The van der Waals surface area contributed by atoms with E-state index in [4.69, 9.17) is 14.2 Å². The number of pyridine rings is 1. The molecule has 0 N–H and O–H groups in total. The molecule has 7 heteroatoms. The molecule has 0 aliphatic heterocycles. The van der Waals surface area contributed by atoms with Gasteiger partial charge in [0.1, 0.15) is 11.6 Å². The van der Waals surface area contributed by atoms with Crippen LogP contribution in [0.5, 0.6) is 17.2 Å². The Morgan fingerprint density at radius 2 is 1.65 bits per heavy atom. The van der Waals surface area contributed by atoms with E-state index in [1.807, 2.05) is 6.07 Å². The summed E-state index contributed by atoms with van der Waals surface area (Å²) in [5, 5.41) is 13.6. The molecule has 1 aromatic heterocycles. The SMILES string of the molecule is COc1cc(/C(C)=N/n2c(C)cc(C)c(C#N)c2=O)cc(OC)c1OC. The summed E-state index contributed by atoms with van der Waals surface area (Å²) in [6.45, 7) is 5.26. The molecular formula is C19H21N3O4. The van der Waals surface area contributed by atoms with Gasteiger partial charge in [0.15, 0.2) is 11.5 Å². The maximum absolute atomic E-state index is 12.5. The molecule has 0 aliphatic carbocycles. The lowest BCUT2D eigenvalue weighted by Gasteiger charge is -2.14. The van der Waals surface area contributed by atoms with Gasteiger partial charge in [0.05, 0.1) is 27.0 Å². The third-order valence-electron chi connectivity index (χ3n) is 4.00. The number of aromatic nitrogens is 1. The summed E-state index contributed by atoms with van der Waals surface area (Å²) < 4.78 is 17.2. The average molecular weight is 355 g/mol. The molecule has 1 aromatic carbocycles. The Balaban J connectivity index is 2.66. The highest BCUT2D eigenvalue weighted by atomic mass is 16.5. The molecule has 0 amide bonds. The van der Waals surface area contributed by atoms with Crippen LogP contribution < -0.4 is 19.8 Å². The van der Waals surface area contributed by atoms with Crippen molar-refractivity contribution in [2.75, 3.05) is 21.3 Å². The van der Waals surface area contributed by atoms with Gasteiger partial charge in [0.25, 0.3) is 5.56 Å². The fraction of sp³-hybridized carbons (Fsp3) is 0.316. The monoisotopic (exact) mass is 355 g/mol. The Hall–Kier alpha value is -3.27. The summed E-state index contributed by atoms with van der Waals surface area (Å²) in [7, 11) is 4.59. The van der Waals surface area contributed by atoms with E-state index in [9.17, 15) is 10.1 Å². The number of benzene rings is 1. The van der Waals surface area contributed by atoms with E-state index in [2.05, 4.69) is 5.10 Å². The lowest BCUT2D eigenvalue weighted by atomic mass is 10.1. The minimum Gasteiger partial charge on any atom is -0.493 e.